The number of sulfonamides is 1. The van der Waals surface area contributed by atoms with Crippen molar-refractivity contribution in [3.8, 4) is 5.75 Å². The van der Waals surface area contributed by atoms with Crippen LogP contribution in [0.5, 0.6) is 5.75 Å². The van der Waals surface area contributed by atoms with Crippen LogP contribution >= 0.6 is 11.3 Å². The third-order valence-corrected chi connectivity index (χ3v) is 7.29. The number of hydrogen-bond acceptors (Lipinski definition) is 4. The maximum Gasteiger partial charge on any atom is 0.250 e. The van der Waals surface area contributed by atoms with Crippen molar-refractivity contribution in [2.75, 3.05) is 6.54 Å². The molecule has 2 N–H and O–H groups in total. The minimum absolute atomic E-state index is 0.339. The third-order valence-electron chi connectivity index (χ3n) is 4.43. The van der Waals surface area contributed by atoms with Gasteiger partial charge in [0.05, 0.1) is 0 Å². The maximum absolute atomic E-state index is 12.2. The van der Waals surface area contributed by atoms with Crippen molar-refractivity contribution in [2.24, 2.45) is 0 Å². The fraction of sp³-hybridized carbons (Fsp3) is 0.143. The Morgan fingerprint density at radius 2 is 1.89 bits per heavy atom. The molecule has 2 aromatic heterocycles. The van der Waals surface area contributed by atoms with Crippen LogP contribution in [0.2, 0.25) is 0 Å². The Morgan fingerprint density at radius 3 is 2.68 bits per heavy atom. The summed E-state index contributed by atoms with van der Waals surface area (Å²) >= 11 is 1.21. The molecule has 2 heterocycles. The van der Waals surface area contributed by atoms with E-state index < -0.39 is 10.0 Å². The van der Waals surface area contributed by atoms with Gasteiger partial charge in [-0.05, 0) is 41.1 Å². The van der Waals surface area contributed by atoms with Crippen LogP contribution in [0, 0.1) is 0 Å². The number of aromatic amines is 1. The summed E-state index contributed by atoms with van der Waals surface area (Å²) in [7, 11) is -3.43. The van der Waals surface area contributed by atoms with Crippen molar-refractivity contribution in [1.82, 2.24) is 9.71 Å². The van der Waals surface area contributed by atoms with Crippen molar-refractivity contribution in [3.05, 3.63) is 83.4 Å². The molecule has 0 spiro atoms. The molecule has 0 aliphatic rings. The second-order valence-electron chi connectivity index (χ2n) is 6.38. The van der Waals surface area contributed by atoms with Gasteiger partial charge in [-0.3, -0.25) is 0 Å². The van der Waals surface area contributed by atoms with E-state index in [9.17, 15) is 8.42 Å². The van der Waals surface area contributed by atoms with Gasteiger partial charge in [0, 0.05) is 29.7 Å². The molecular weight excluding hydrogens is 392 g/mol. The van der Waals surface area contributed by atoms with Crippen LogP contribution in [0.4, 0.5) is 0 Å². The normalized spacial score (nSPS) is 11.7. The van der Waals surface area contributed by atoms with Gasteiger partial charge in [-0.25, -0.2) is 13.1 Å². The van der Waals surface area contributed by atoms with Crippen LogP contribution in [0.3, 0.4) is 0 Å². The number of benzene rings is 2. The van der Waals surface area contributed by atoms with E-state index in [0.717, 1.165) is 27.8 Å². The number of aromatic nitrogens is 1. The van der Waals surface area contributed by atoms with Crippen molar-refractivity contribution in [3.63, 3.8) is 0 Å². The molecular formula is C21H20N2O3S2. The lowest BCUT2D eigenvalue weighted by Crippen LogP contribution is -2.25. The number of thiophene rings is 1. The van der Waals surface area contributed by atoms with Gasteiger partial charge in [-0.15, -0.1) is 11.3 Å². The maximum atomic E-state index is 12.2. The quantitative estimate of drug-likeness (QED) is 0.452. The molecule has 5 nitrogen and oxygen atoms in total. The lowest BCUT2D eigenvalue weighted by atomic mass is 10.1. The van der Waals surface area contributed by atoms with Gasteiger partial charge in [0.2, 0.25) is 10.0 Å². The predicted molar refractivity (Wildman–Crippen MR) is 112 cm³/mol. The Kier molecular flexibility index (Phi) is 5.47. The molecule has 4 rings (SSSR count). The number of fused-ring (bicyclic) bond motifs is 1. The largest absolute Gasteiger partial charge is 0.489 e. The van der Waals surface area contributed by atoms with Crippen LogP contribution in [0.25, 0.3) is 10.9 Å². The molecule has 144 valence electrons. The van der Waals surface area contributed by atoms with E-state index in [0.29, 0.717) is 23.8 Å². The number of nitrogens with one attached hydrogen (secondary N) is 2. The smallest absolute Gasteiger partial charge is 0.250 e. The molecule has 0 saturated heterocycles. The van der Waals surface area contributed by atoms with Crippen molar-refractivity contribution >= 4 is 32.3 Å². The summed E-state index contributed by atoms with van der Waals surface area (Å²) in [6.07, 6.45) is 2.53. The van der Waals surface area contributed by atoms with Crippen molar-refractivity contribution < 1.29 is 13.2 Å². The zero-order valence-corrected chi connectivity index (χ0v) is 16.7. The van der Waals surface area contributed by atoms with Gasteiger partial charge < -0.3 is 9.72 Å². The highest BCUT2D eigenvalue weighted by atomic mass is 32.2. The number of H-pyrrole nitrogens is 1. The first-order chi connectivity index (χ1) is 13.6. The highest BCUT2D eigenvalue weighted by Crippen LogP contribution is 2.24. The molecule has 28 heavy (non-hydrogen) atoms. The van der Waals surface area contributed by atoms with Crippen LogP contribution in [-0.4, -0.2) is 19.9 Å². The molecule has 0 fully saturated rings. The zero-order valence-electron chi connectivity index (χ0n) is 15.1. The summed E-state index contributed by atoms with van der Waals surface area (Å²) in [4.78, 5) is 3.25. The molecule has 7 heteroatoms. The molecule has 0 aliphatic heterocycles. The van der Waals surface area contributed by atoms with E-state index in [-0.39, 0.29) is 0 Å². The Bertz CT molecular complexity index is 1150. The van der Waals surface area contributed by atoms with Crippen LogP contribution in [-0.2, 0) is 23.1 Å². The second-order valence-corrected chi connectivity index (χ2v) is 9.32. The monoisotopic (exact) mass is 412 g/mol. The fourth-order valence-electron chi connectivity index (χ4n) is 3.01. The Balaban J connectivity index is 1.39. The predicted octanol–water partition coefficient (Wildman–Crippen LogP) is 4.33. The molecule has 0 saturated carbocycles. The van der Waals surface area contributed by atoms with E-state index >= 15 is 0 Å². The Hall–Kier alpha value is -2.61. The summed E-state index contributed by atoms with van der Waals surface area (Å²) in [6, 6.07) is 19.3. The molecule has 2 aromatic carbocycles. The zero-order chi connectivity index (χ0) is 19.4. The van der Waals surface area contributed by atoms with Gasteiger partial charge >= 0.3 is 0 Å². The fourth-order valence-corrected chi connectivity index (χ4v) is 5.08. The summed E-state index contributed by atoms with van der Waals surface area (Å²) in [6.45, 7) is 0.865. The molecule has 0 bridgehead atoms. The molecule has 0 unspecified atom stereocenters. The van der Waals surface area contributed by atoms with Crippen LogP contribution in [0.15, 0.2) is 76.4 Å². The van der Waals surface area contributed by atoms with Crippen molar-refractivity contribution in [1.29, 1.82) is 0 Å². The number of ether oxygens (including phenoxy) is 1. The third kappa shape index (κ3) is 4.27. The van der Waals surface area contributed by atoms with Crippen LogP contribution < -0.4 is 9.46 Å². The van der Waals surface area contributed by atoms with E-state index in [1.54, 1.807) is 17.5 Å². The van der Waals surface area contributed by atoms with Crippen molar-refractivity contribution in [2.45, 2.75) is 17.2 Å². The first-order valence-corrected chi connectivity index (χ1v) is 11.3. The molecule has 0 radical (unpaired) electrons. The average molecular weight is 413 g/mol. The summed E-state index contributed by atoms with van der Waals surface area (Å²) < 4.78 is 33.3. The van der Waals surface area contributed by atoms with Crippen LogP contribution in [0.1, 0.15) is 11.1 Å². The molecule has 4 aromatic rings. The minimum atomic E-state index is -3.43. The van der Waals surface area contributed by atoms with Gasteiger partial charge in [-0.2, -0.15) is 0 Å². The molecule has 0 aliphatic carbocycles. The second kappa shape index (κ2) is 8.18. The van der Waals surface area contributed by atoms with Gasteiger partial charge in [0.1, 0.15) is 16.6 Å². The highest BCUT2D eigenvalue weighted by Gasteiger charge is 2.14. The Labute approximate surface area is 168 Å². The van der Waals surface area contributed by atoms with E-state index in [1.807, 2.05) is 54.7 Å². The molecule has 0 atom stereocenters. The molecule has 0 amide bonds. The highest BCUT2D eigenvalue weighted by molar-refractivity contribution is 7.91. The lowest BCUT2D eigenvalue weighted by molar-refractivity contribution is 0.306. The standard InChI is InChI=1S/C21H20N2O3S2/c24-28(25,21-7-4-12-27-21)23-11-10-17-14-22-20-13-18(8-9-19(17)20)26-15-16-5-2-1-3-6-16/h1-9,12-14,22-23H,10-11,15H2. The van der Waals surface area contributed by atoms with Gasteiger partial charge in [-0.1, -0.05) is 36.4 Å². The number of hydrogen-bond donors (Lipinski definition) is 2. The summed E-state index contributed by atoms with van der Waals surface area (Å²) in [5.41, 5.74) is 3.16. The lowest BCUT2D eigenvalue weighted by Gasteiger charge is -2.07. The van der Waals surface area contributed by atoms with E-state index in [4.69, 9.17) is 4.74 Å². The average Bonchev–Trinajstić information content (AvgIpc) is 3.38. The first kappa shape index (κ1) is 18.7. The van der Waals surface area contributed by atoms with Gasteiger partial charge in [0.25, 0.3) is 0 Å². The number of rotatable bonds is 8. The SMILES string of the molecule is O=S(=O)(NCCc1c[nH]c2cc(OCc3ccccc3)ccc12)c1cccs1. The summed E-state index contributed by atoms with van der Waals surface area (Å²) in [5.74, 6) is 0.795. The first-order valence-electron chi connectivity index (χ1n) is 8.92. The van der Waals surface area contributed by atoms with E-state index in [2.05, 4.69) is 9.71 Å². The topological polar surface area (TPSA) is 71.2 Å². The van der Waals surface area contributed by atoms with E-state index in [1.165, 1.54) is 11.3 Å². The minimum Gasteiger partial charge on any atom is -0.489 e. The Morgan fingerprint density at radius 1 is 1.04 bits per heavy atom. The van der Waals surface area contributed by atoms with Gasteiger partial charge in [0.15, 0.2) is 0 Å². The summed E-state index contributed by atoms with van der Waals surface area (Å²) in [5, 5.41) is 2.83.